The van der Waals surface area contributed by atoms with Gasteiger partial charge >= 0.3 is 0 Å². The van der Waals surface area contributed by atoms with Gasteiger partial charge in [0.1, 0.15) is 17.3 Å². The average Bonchev–Trinajstić information content (AvgIpc) is 2.19. The van der Waals surface area contributed by atoms with Crippen LogP contribution in [-0.2, 0) is 14.8 Å². The maximum atomic E-state index is 11.5. The first-order valence-corrected chi connectivity index (χ1v) is 6.66. The van der Waals surface area contributed by atoms with E-state index in [9.17, 15) is 8.42 Å². The molecule has 1 aromatic carbocycles. The van der Waals surface area contributed by atoms with Crippen molar-refractivity contribution in [3.63, 3.8) is 0 Å². The van der Waals surface area contributed by atoms with E-state index in [1.54, 1.807) is 21.0 Å². The highest BCUT2D eigenvalue weighted by Crippen LogP contribution is 2.28. The summed E-state index contributed by atoms with van der Waals surface area (Å²) in [5.41, 5.74) is 1.57. The predicted molar refractivity (Wildman–Crippen MR) is 64.7 cm³/mol. The number of primary sulfonamides is 1. The minimum atomic E-state index is -3.78. The van der Waals surface area contributed by atoms with Gasteiger partial charge in [0.2, 0.25) is 10.0 Å². The highest BCUT2D eigenvalue weighted by molar-refractivity contribution is 7.89. The standard InChI is InChI=1S/C11H17NO4S/c1-8-6-9(2)11(16-5-4-15-3)10(7-8)17(12,13)14/h6-7H,4-5H2,1-3H3,(H2,12,13,14). The first-order chi connectivity index (χ1) is 7.86. The Balaban J connectivity index is 3.17. The number of ether oxygens (including phenoxy) is 2. The largest absolute Gasteiger partial charge is 0.489 e. The SMILES string of the molecule is COCCOc1c(C)cc(C)cc1S(N)(=O)=O. The van der Waals surface area contributed by atoms with Crippen LogP contribution in [0.5, 0.6) is 5.75 Å². The molecular weight excluding hydrogens is 242 g/mol. The van der Waals surface area contributed by atoms with Crippen LogP contribution in [0, 0.1) is 13.8 Å². The third-order valence-corrected chi connectivity index (χ3v) is 3.14. The molecule has 0 amide bonds. The molecule has 1 aromatic rings. The number of hydrogen-bond acceptors (Lipinski definition) is 4. The smallest absolute Gasteiger partial charge is 0.241 e. The molecule has 0 saturated carbocycles. The van der Waals surface area contributed by atoms with Crippen LogP contribution in [0.4, 0.5) is 0 Å². The van der Waals surface area contributed by atoms with E-state index in [-0.39, 0.29) is 11.5 Å². The third-order valence-electron chi connectivity index (χ3n) is 2.23. The number of nitrogens with two attached hydrogens (primary N) is 1. The number of methoxy groups -OCH3 is 1. The molecule has 0 heterocycles. The summed E-state index contributed by atoms with van der Waals surface area (Å²) in [6.07, 6.45) is 0. The number of benzene rings is 1. The van der Waals surface area contributed by atoms with Crippen LogP contribution in [-0.4, -0.2) is 28.7 Å². The summed E-state index contributed by atoms with van der Waals surface area (Å²) < 4.78 is 33.2. The maximum absolute atomic E-state index is 11.5. The lowest BCUT2D eigenvalue weighted by molar-refractivity contribution is 0.144. The van der Waals surface area contributed by atoms with Crippen molar-refractivity contribution in [2.75, 3.05) is 20.3 Å². The van der Waals surface area contributed by atoms with Crippen LogP contribution in [0.25, 0.3) is 0 Å². The number of rotatable bonds is 5. The molecule has 0 bridgehead atoms. The topological polar surface area (TPSA) is 78.6 Å². The molecule has 0 unspecified atom stereocenters. The summed E-state index contributed by atoms with van der Waals surface area (Å²) in [7, 11) is -2.23. The Hall–Kier alpha value is -1.11. The first-order valence-electron chi connectivity index (χ1n) is 5.12. The lowest BCUT2D eigenvalue weighted by atomic mass is 10.1. The Morgan fingerprint density at radius 3 is 2.41 bits per heavy atom. The van der Waals surface area contributed by atoms with Gasteiger partial charge in [-0.15, -0.1) is 0 Å². The van der Waals surface area contributed by atoms with Gasteiger partial charge in [0.05, 0.1) is 6.61 Å². The van der Waals surface area contributed by atoms with Crippen LogP contribution in [0.2, 0.25) is 0 Å². The molecule has 6 heteroatoms. The average molecular weight is 259 g/mol. The minimum Gasteiger partial charge on any atom is -0.489 e. The third kappa shape index (κ3) is 3.69. The number of hydrogen-bond donors (Lipinski definition) is 1. The molecule has 1 rings (SSSR count). The van der Waals surface area contributed by atoms with Crippen molar-refractivity contribution in [1.29, 1.82) is 0 Å². The summed E-state index contributed by atoms with van der Waals surface area (Å²) in [5, 5.41) is 5.16. The molecule has 0 radical (unpaired) electrons. The Morgan fingerprint density at radius 1 is 1.24 bits per heavy atom. The Morgan fingerprint density at radius 2 is 1.88 bits per heavy atom. The highest BCUT2D eigenvalue weighted by Gasteiger charge is 2.18. The highest BCUT2D eigenvalue weighted by atomic mass is 32.2. The lowest BCUT2D eigenvalue weighted by Crippen LogP contribution is -2.16. The zero-order valence-electron chi connectivity index (χ0n) is 10.2. The van der Waals surface area contributed by atoms with Crippen LogP contribution in [0.3, 0.4) is 0 Å². The van der Waals surface area contributed by atoms with Crippen LogP contribution < -0.4 is 9.88 Å². The second-order valence-electron chi connectivity index (χ2n) is 3.80. The molecule has 0 atom stereocenters. The van der Waals surface area contributed by atoms with Gasteiger partial charge in [-0.05, 0) is 31.0 Å². The van der Waals surface area contributed by atoms with E-state index >= 15 is 0 Å². The van der Waals surface area contributed by atoms with Gasteiger partial charge in [-0.25, -0.2) is 13.6 Å². The molecule has 0 spiro atoms. The van der Waals surface area contributed by atoms with Crippen molar-refractivity contribution in [2.24, 2.45) is 5.14 Å². The molecule has 0 fully saturated rings. The maximum Gasteiger partial charge on any atom is 0.241 e. The van der Waals surface area contributed by atoms with Crippen LogP contribution in [0.1, 0.15) is 11.1 Å². The van der Waals surface area contributed by atoms with Gasteiger partial charge < -0.3 is 9.47 Å². The molecule has 0 saturated heterocycles. The molecule has 2 N–H and O–H groups in total. The van der Waals surface area contributed by atoms with E-state index in [4.69, 9.17) is 14.6 Å². The van der Waals surface area contributed by atoms with Crippen LogP contribution in [0.15, 0.2) is 17.0 Å². The molecule has 0 aliphatic heterocycles. The molecular formula is C11H17NO4S. The van der Waals surface area contributed by atoms with E-state index in [0.29, 0.717) is 12.4 Å². The van der Waals surface area contributed by atoms with E-state index in [0.717, 1.165) is 11.1 Å². The number of aryl methyl sites for hydroxylation is 2. The second-order valence-corrected chi connectivity index (χ2v) is 5.33. The van der Waals surface area contributed by atoms with E-state index in [1.165, 1.54) is 6.07 Å². The molecule has 0 aromatic heterocycles. The Labute approximate surface area is 102 Å². The number of sulfonamides is 1. The molecule has 96 valence electrons. The van der Waals surface area contributed by atoms with Crippen molar-refractivity contribution >= 4 is 10.0 Å². The van der Waals surface area contributed by atoms with Crippen molar-refractivity contribution < 1.29 is 17.9 Å². The molecule has 0 aliphatic carbocycles. The fourth-order valence-electron chi connectivity index (χ4n) is 1.54. The fourth-order valence-corrected chi connectivity index (χ4v) is 2.37. The summed E-state index contributed by atoms with van der Waals surface area (Å²) in [6.45, 7) is 4.25. The Bertz CT molecular complexity index is 496. The zero-order valence-corrected chi connectivity index (χ0v) is 11.0. The van der Waals surface area contributed by atoms with Crippen molar-refractivity contribution in [3.8, 4) is 5.75 Å². The van der Waals surface area contributed by atoms with Gasteiger partial charge in [0, 0.05) is 7.11 Å². The quantitative estimate of drug-likeness (QED) is 0.799. The van der Waals surface area contributed by atoms with Crippen molar-refractivity contribution in [3.05, 3.63) is 23.3 Å². The van der Waals surface area contributed by atoms with E-state index < -0.39 is 10.0 Å². The van der Waals surface area contributed by atoms with Gasteiger partial charge in [0.25, 0.3) is 0 Å². The van der Waals surface area contributed by atoms with Crippen molar-refractivity contribution in [1.82, 2.24) is 0 Å². The van der Waals surface area contributed by atoms with Gasteiger partial charge in [-0.3, -0.25) is 0 Å². The summed E-state index contributed by atoms with van der Waals surface area (Å²) >= 11 is 0. The van der Waals surface area contributed by atoms with Gasteiger partial charge in [0.15, 0.2) is 0 Å². The van der Waals surface area contributed by atoms with Crippen molar-refractivity contribution in [2.45, 2.75) is 18.7 Å². The molecule has 17 heavy (non-hydrogen) atoms. The normalized spacial score (nSPS) is 11.5. The summed E-state index contributed by atoms with van der Waals surface area (Å²) in [4.78, 5) is 0.0195. The lowest BCUT2D eigenvalue weighted by Gasteiger charge is -2.13. The summed E-state index contributed by atoms with van der Waals surface area (Å²) in [5.74, 6) is 0.301. The van der Waals surface area contributed by atoms with E-state index in [1.807, 2.05) is 6.07 Å². The molecule has 5 nitrogen and oxygen atoms in total. The zero-order chi connectivity index (χ0) is 13.1. The Kier molecular flexibility index (Phi) is 4.50. The predicted octanol–water partition coefficient (Wildman–Crippen LogP) is 0.976. The van der Waals surface area contributed by atoms with E-state index in [2.05, 4.69) is 0 Å². The molecule has 0 aliphatic rings. The van der Waals surface area contributed by atoms with Gasteiger partial charge in [-0.2, -0.15) is 0 Å². The van der Waals surface area contributed by atoms with Gasteiger partial charge in [-0.1, -0.05) is 6.07 Å². The monoisotopic (exact) mass is 259 g/mol. The first kappa shape index (κ1) is 14.0. The van der Waals surface area contributed by atoms with Crippen LogP contribution >= 0.6 is 0 Å². The fraction of sp³-hybridized carbons (Fsp3) is 0.455. The summed E-state index contributed by atoms with van der Waals surface area (Å²) in [6, 6.07) is 3.35. The second kappa shape index (κ2) is 5.48. The minimum absolute atomic E-state index is 0.0195.